The second-order valence-corrected chi connectivity index (χ2v) is 3.29. The number of carbonyl (C=O) groups is 1. The summed E-state index contributed by atoms with van der Waals surface area (Å²) < 4.78 is 39.4. The Morgan fingerprint density at radius 2 is 1.69 bits per heavy atom. The molecule has 0 aliphatic rings. The van der Waals surface area contributed by atoms with E-state index in [1.54, 1.807) is 24.3 Å². The maximum absolute atomic E-state index is 11.8. The zero-order valence-corrected chi connectivity index (χ0v) is 8.81. The van der Waals surface area contributed by atoms with Gasteiger partial charge in [-0.3, -0.25) is 0 Å². The molecule has 0 bridgehead atoms. The molecule has 2 nitrogen and oxygen atoms in total. The van der Waals surface area contributed by atoms with Crippen LogP contribution in [0.2, 0.25) is 0 Å². The average molecular weight is 253 g/mol. The number of carbonyl (C=O) groups excluding carboxylic acids is 1. The fourth-order valence-corrected chi connectivity index (χ4v) is 1.13. The van der Waals surface area contributed by atoms with Crippen molar-refractivity contribution in [3.05, 3.63) is 35.4 Å². The third-order valence-electron chi connectivity index (χ3n) is 1.78. The van der Waals surface area contributed by atoms with Gasteiger partial charge < -0.3 is 4.74 Å². The predicted molar refractivity (Wildman–Crippen MR) is 51.9 cm³/mol. The molecular weight excluding hydrogens is 245 g/mol. The topological polar surface area (TPSA) is 26.3 Å². The van der Waals surface area contributed by atoms with Crippen LogP contribution in [0.25, 0.3) is 0 Å². The van der Waals surface area contributed by atoms with Crippen molar-refractivity contribution >= 4 is 17.6 Å². The van der Waals surface area contributed by atoms with Crippen LogP contribution in [0.1, 0.15) is 11.1 Å². The highest BCUT2D eigenvalue weighted by atomic mass is 35.5. The largest absolute Gasteiger partial charge is 0.490 e. The van der Waals surface area contributed by atoms with Gasteiger partial charge in [-0.15, -0.1) is 11.6 Å². The van der Waals surface area contributed by atoms with Crippen LogP contribution >= 0.6 is 11.6 Å². The Morgan fingerprint density at radius 1 is 1.19 bits per heavy atom. The van der Waals surface area contributed by atoms with Crippen LogP contribution in [0.3, 0.4) is 0 Å². The van der Waals surface area contributed by atoms with E-state index in [0.717, 1.165) is 5.56 Å². The molecule has 0 amide bonds. The second-order valence-electron chi connectivity index (χ2n) is 3.02. The van der Waals surface area contributed by atoms with E-state index < -0.39 is 18.8 Å². The van der Waals surface area contributed by atoms with Gasteiger partial charge in [-0.05, 0) is 11.1 Å². The van der Waals surface area contributed by atoms with E-state index in [1.807, 2.05) is 0 Å². The Balaban J connectivity index is 2.52. The zero-order chi connectivity index (χ0) is 12.2. The van der Waals surface area contributed by atoms with Crippen molar-refractivity contribution in [2.24, 2.45) is 0 Å². The van der Waals surface area contributed by atoms with Gasteiger partial charge in [-0.1, -0.05) is 24.3 Å². The molecule has 0 radical (unpaired) electrons. The fourth-order valence-electron chi connectivity index (χ4n) is 0.955. The Morgan fingerprint density at radius 3 is 2.12 bits per heavy atom. The molecule has 88 valence electrons. The summed E-state index contributed by atoms with van der Waals surface area (Å²) in [6, 6.07) is 6.43. The van der Waals surface area contributed by atoms with Crippen LogP contribution < -0.4 is 0 Å². The maximum Gasteiger partial charge on any atom is 0.490 e. The molecule has 0 saturated carbocycles. The van der Waals surface area contributed by atoms with Crippen LogP contribution in [0.5, 0.6) is 0 Å². The molecule has 1 rings (SSSR count). The molecule has 1 aromatic carbocycles. The fraction of sp³-hybridized carbons (Fsp3) is 0.300. The van der Waals surface area contributed by atoms with Crippen molar-refractivity contribution in [2.45, 2.75) is 18.7 Å². The van der Waals surface area contributed by atoms with Gasteiger partial charge in [-0.2, -0.15) is 13.2 Å². The Bertz CT molecular complexity index is 359. The molecule has 0 unspecified atom stereocenters. The number of hydrogen-bond acceptors (Lipinski definition) is 2. The summed E-state index contributed by atoms with van der Waals surface area (Å²) in [5.41, 5.74) is 1.32. The number of esters is 1. The molecule has 0 spiro atoms. The maximum atomic E-state index is 11.8. The Kier molecular flexibility index (Phi) is 4.18. The van der Waals surface area contributed by atoms with Crippen molar-refractivity contribution in [1.29, 1.82) is 0 Å². The molecule has 0 aliphatic heterocycles. The van der Waals surface area contributed by atoms with E-state index in [9.17, 15) is 18.0 Å². The summed E-state index contributed by atoms with van der Waals surface area (Å²) in [5.74, 6) is -1.86. The summed E-state index contributed by atoms with van der Waals surface area (Å²) >= 11 is 5.53. The molecule has 6 heteroatoms. The highest BCUT2D eigenvalue weighted by molar-refractivity contribution is 6.17. The van der Waals surface area contributed by atoms with Crippen molar-refractivity contribution in [3.63, 3.8) is 0 Å². The number of halogens is 4. The Hall–Kier alpha value is -1.23. The summed E-state index contributed by atoms with van der Waals surface area (Å²) in [4.78, 5) is 10.4. The molecule has 0 heterocycles. The van der Waals surface area contributed by atoms with Gasteiger partial charge in [0.15, 0.2) is 0 Å². The van der Waals surface area contributed by atoms with E-state index in [2.05, 4.69) is 4.74 Å². The molecule has 16 heavy (non-hydrogen) atoms. The monoisotopic (exact) mass is 252 g/mol. The third kappa shape index (κ3) is 3.73. The van der Waals surface area contributed by atoms with Gasteiger partial charge >= 0.3 is 12.1 Å². The zero-order valence-electron chi connectivity index (χ0n) is 8.05. The minimum Gasteiger partial charge on any atom is -0.454 e. The van der Waals surface area contributed by atoms with Crippen molar-refractivity contribution in [3.8, 4) is 0 Å². The summed E-state index contributed by atoms with van der Waals surface area (Å²) in [7, 11) is 0. The normalized spacial score (nSPS) is 11.2. The van der Waals surface area contributed by atoms with E-state index in [1.165, 1.54) is 0 Å². The van der Waals surface area contributed by atoms with Crippen molar-refractivity contribution in [1.82, 2.24) is 0 Å². The van der Waals surface area contributed by atoms with Crippen LogP contribution in [0.15, 0.2) is 24.3 Å². The quantitative estimate of drug-likeness (QED) is 0.611. The smallest absolute Gasteiger partial charge is 0.454 e. The van der Waals surface area contributed by atoms with Gasteiger partial charge in [0, 0.05) is 5.88 Å². The van der Waals surface area contributed by atoms with Crippen LogP contribution in [0, 0.1) is 0 Å². The van der Waals surface area contributed by atoms with Crippen LogP contribution in [-0.4, -0.2) is 12.1 Å². The lowest BCUT2D eigenvalue weighted by Gasteiger charge is -2.07. The van der Waals surface area contributed by atoms with Crippen molar-refractivity contribution in [2.75, 3.05) is 0 Å². The molecule has 1 aromatic rings. The van der Waals surface area contributed by atoms with Gasteiger partial charge in [0.2, 0.25) is 0 Å². The number of hydrogen-bond donors (Lipinski definition) is 0. The molecule has 0 saturated heterocycles. The molecule has 0 N–H and O–H groups in total. The first-order valence-electron chi connectivity index (χ1n) is 4.31. The number of ether oxygens (including phenoxy) is 1. The minimum atomic E-state index is -4.95. The van der Waals surface area contributed by atoms with Gasteiger partial charge in [0.1, 0.15) is 6.61 Å². The van der Waals surface area contributed by atoms with E-state index in [0.29, 0.717) is 11.4 Å². The first kappa shape index (κ1) is 12.8. The van der Waals surface area contributed by atoms with E-state index in [-0.39, 0.29) is 0 Å². The van der Waals surface area contributed by atoms with Crippen molar-refractivity contribution < 1.29 is 22.7 Å². The first-order valence-corrected chi connectivity index (χ1v) is 4.84. The highest BCUT2D eigenvalue weighted by Gasteiger charge is 2.40. The lowest BCUT2D eigenvalue weighted by atomic mass is 10.2. The average Bonchev–Trinajstić information content (AvgIpc) is 2.25. The lowest BCUT2D eigenvalue weighted by Crippen LogP contribution is -2.25. The van der Waals surface area contributed by atoms with Gasteiger partial charge in [0.25, 0.3) is 0 Å². The van der Waals surface area contributed by atoms with Crippen LogP contribution in [0.4, 0.5) is 13.2 Å². The Labute approximate surface area is 95.0 Å². The number of rotatable bonds is 3. The van der Waals surface area contributed by atoms with Gasteiger partial charge in [0.05, 0.1) is 0 Å². The molecule has 0 aromatic heterocycles. The lowest BCUT2D eigenvalue weighted by molar-refractivity contribution is -0.201. The summed E-state index contributed by atoms with van der Waals surface area (Å²) in [6.45, 7) is -0.402. The summed E-state index contributed by atoms with van der Waals surface area (Å²) in [5, 5.41) is 0. The molecule has 0 aliphatic carbocycles. The van der Waals surface area contributed by atoms with E-state index >= 15 is 0 Å². The first-order chi connectivity index (χ1) is 7.43. The molecular formula is C10H8ClF3O2. The SMILES string of the molecule is O=C(OCc1ccc(CCl)cc1)C(F)(F)F. The second kappa shape index (κ2) is 5.21. The standard InChI is InChI=1S/C10H8ClF3O2/c11-5-7-1-3-8(4-2-7)6-16-9(15)10(12,13)14/h1-4H,5-6H2. The molecule has 0 atom stereocenters. The molecule has 0 fully saturated rings. The minimum absolute atomic E-state index is 0.322. The van der Waals surface area contributed by atoms with Crippen LogP contribution in [-0.2, 0) is 22.0 Å². The predicted octanol–water partition coefficient (Wildman–Crippen LogP) is 3.03. The van der Waals surface area contributed by atoms with Gasteiger partial charge in [-0.25, -0.2) is 4.79 Å². The summed E-state index contributed by atoms with van der Waals surface area (Å²) in [6.07, 6.45) is -4.95. The number of alkyl halides is 4. The highest BCUT2D eigenvalue weighted by Crippen LogP contribution is 2.17. The number of benzene rings is 1. The third-order valence-corrected chi connectivity index (χ3v) is 2.09. The van der Waals surface area contributed by atoms with E-state index in [4.69, 9.17) is 11.6 Å².